The predicted octanol–water partition coefficient (Wildman–Crippen LogP) is 1.17. The predicted molar refractivity (Wildman–Crippen MR) is 58.3 cm³/mol. The van der Waals surface area contributed by atoms with E-state index in [4.69, 9.17) is 15.0 Å². The van der Waals surface area contributed by atoms with Crippen molar-refractivity contribution in [1.29, 1.82) is 0 Å². The van der Waals surface area contributed by atoms with Gasteiger partial charge in [0.15, 0.2) is 0 Å². The molecule has 15 heavy (non-hydrogen) atoms. The Kier molecular flexibility index (Phi) is 5.10. The van der Waals surface area contributed by atoms with Gasteiger partial charge in [-0.2, -0.15) is 8.42 Å². The summed E-state index contributed by atoms with van der Waals surface area (Å²) in [7, 11) is -2.87. The molecule has 0 spiro atoms. The van der Waals surface area contributed by atoms with Crippen molar-refractivity contribution in [3.8, 4) is 0 Å². The molecule has 0 aromatic rings. The van der Waals surface area contributed by atoms with Crippen LogP contribution >= 0.6 is 0 Å². The lowest BCUT2D eigenvalue weighted by Crippen LogP contribution is -2.03. The van der Waals surface area contributed by atoms with Gasteiger partial charge in [0.25, 0.3) is 10.1 Å². The lowest BCUT2D eigenvalue weighted by molar-refractivity contribution is 0.293. The number of rotatable bonds is 4. The first-order valence-electron chi connectivity index (χ1n) is 4.12. The van der Waals surface area contributed by atoms with Gasteiger partial charge in [0, 0.05) is 0 Å². The van der Waals surface area contributed by atoms with Gasteiger partial charge < -0.3 is 10.5 Å². The molecule has 0 aromatic heterocycles. The molecule has 0 saturated heterocycles. The van der Waals surface area contributed by atoms with E-state index in [1.54, 1.807) is 6.92 Å². The molecule has 86 valence electrons. The standard InChI is InChI=1S/C9H15NO4S/c1-7(4-5-10)9(15(11,12)13)6-8(2)14-3/h4-6H,10H2,1-3H3,(H,11,12,13)/b5-4+,8-6+,9-7+. The van der Waals surface area contributed by atoms with Gasteiger partial charge in [0.1, 0.15) is 4.91 Å². The largest absolute Gasteiger partial charge is 0.501 e. The van der Waals surface area contributed by atoms with Crippen LogP contribution in [0.5, 0.6) is 0 Å². The van der Waals surface area contributed by atoms with Crippen molar-refractivity contribution >= 4 is 10.1 Å². The summed E-state index contributed by atoms with van der Waals surface area (Å²) in [5, 5.41) is 0. The van der Waals surface area contributed by atoms with Crippen LogP contribution in [0.1, 0.15) is 13.8 Å². The SMILES string of the molecule is CO/C(C)=C/C(=C(C)\C=C\N)S(=O)(=O)O. The molecule has 5 nitrogen and oxygen atoms in total. The fourth-order valence-electron chi connectivity index (χ4n) is 0.862. The molecule has 0 bridgehead atoms. The lowest BCUT2D eigenvalue weighted by Gasteiger charge is -2.04. The maximum absolute atomic E-state index is 11.0. The molecule has 0 aliphatic heterocycles. The van der Waals surface area contributed by atoms with Gasteiger partial charge in [0.2, 0.25) is 0 Å². The number of hydrogen-bond acceptors (Lipinski definition) is 4. The molecular formula is C9H15NO4S. The zero-order chi connectivity index (χ0) is 12.1. The Bertz CT molecular complexity index is 404. The third kappa shape index (κ3) is 4.66. The number of hydrogen-bond donors (Lipinski definition) is 2. The van der Waals surface area contributed by atoms with Crippen LogP contribution in [0.2, 0.25) is 0 Å². The van der Waals surface area contributed by atoms with E-state index in [2.05, 4.69) is 0 Å². The van der Waals surface area contributed by atoms with E-state index in [1.165, 1.54) is 32.4 Å². The Labute approximate surface area is 89.7 Å². The Hall–Kier alpha value is -1.27. The summed E-state index contributed by atoms with van der Waals surface area (Å²) >= 11 is 0. The highest BCUT2D eigenvalue weighted by Gasteiger charge is 2.14. The van der Waals surface area contributed by atoms with Gasteiger partial charge in [-0.3, -0.25) is 4.55 Å². The molecule has 0 heterocycles. The lowest BCUT2D eigenvalue weighted by atomic mass is 10.2. The van der Waals surface area contributed by atoms with Crippen molar-refractivity contribution in [1.82, 2.24) is 0 Å². The van der Waals surface area contributed by atoms with Crippen LogP contribution in [0.3, 0.4) is 0 Å². The Morgan fingerprint density at radius 1 is 1.40 bits per heavy atom. The van der Waals surface area contributed by atoms with Crippen LogP contribution in [0.25, 0.3) is 0 Å². The Balaban J connectivity index is 5.57. The van der Waals surface area contributed by atoms with E-state index < -0.39 is 10.1 Å². The molecule has 3 N–H and O–H groups in total. The molecule has 0 saturated carbocycles. The van der Waals surface area contributed by atoms with Gasteiger partial charge in [-0.05, 0) is 37.8 Å². The van der Waals surface area contributed by atoms with Crippen LogP contribution in [-0.2, 0) is 14.9 Å². The first kappa shape index (κ1) is 13.7. The number of methoxy groups -OCH3 is 1. The molecule has 0 amide bonds. The third-order valence-corrected chi connectivity index (χ3v) is 2.66. The molecular weight excluding hydrogens is 218 g/mol. The second-order valence-electron chi connectivity index (χ2n) is 2.84. The van der Waals surface area contributed by atoms with Crippen molar-refractivity contribution < 1.29 is 17.7 Å². The molecule has 0 aromatic carbocycles. The fourth-order valence-corrected chi connectivity index (χ4v) is 1.65. The highest BCUT2D eigenvalue weighted by atomic mass is 32.2. The van der Waals surface area contributed by atoms with E-state index in [1.807, 2.05) is 0 Å². The van der Waals surface area contributed by atoms with Gasteiger partial charge in [-0.1, -0.05) is 0 Å². The second-order valence-corrected chi connectivity index (χ2v) is 4.23. The zero-order valence-electron chi connectivity index (χ0n) is 8.89. The molecule has 0 atom stereocenters. The Morgan fingerprint density at radius 3 is 2.27 bits per heavy atom. The molecule has 0 aliphatic rings. The van der Waals surface area contributed by atoms with Gasteiger partial charge >= 0.3 is 0 Å². The smallest absolute Gasteiger partial charge is 0.294 e. The number of allylic oxidation sites excluding steroid dienone is 4. The summed E-state index contributed by atoms with van der Waals surface area (Å²) in [6, 6.07) is 0. The van der Waals surface area contributed by atoms with Crippen molar-refractivity contribution in [2.75, 3.05) is 7.11 Å². The molecule has 6 heteroatoms. The first-order chi connectivity index (χ1) is 6.82. The van der Waals surface area contributed by atoms with E-state index in [-0.39, 0.29) is 4.91 Å². The monoisotopic (exact) mass is 233 g/mol. The van der Waals surface area contributed by atoms with Crippen molar-refractivity contribution in [2.24, 2.45) is 5.73 Å². The van der Waals surface area contributed by atoms with Gasteiger partial charge in [-0.25, -0.2) is 0 Å². The zero-order valence-corrected chi connectivity index (χ0v) is 9.71. The maximum Gasteiger partial charge on any atom is 0.294 e. The van der Waals surface area contributed by atoms with E-state index in [0.29, 0.717) is 11.3 Å². The highest BCUT2D eigenvalue weighted by Crippen LogP contribution is 2.15. The number of nitrogens with two attached hydrogens (primary N) is 1. The van der Waals surface area contributed by atoms with Gasteiger partial charge in [0.05, 0.1) is 12.9 Å². The van der Waals surface area contributed by atoms with E-state index in [9.17, 15) is 8.42 Å². The number of ether oxygens (including phenoxy) is 1. The molecule has 0 fully saturated rings. The average molecular weight is 233 g/mol. The van der Waals surface area contributed by atoms with E-state index in [0.717, 1.165) is 0 Å². The minimum absolute atomic E-state index is 0.233. The minimum Gasteiger partial charge on any atom is -0.501 e. The first-order valence-corrected chi connectivity index (χ1v) is 5.56. The summed E-state index contributed by atoms with van der Waals surface area (Å²) in [6.45, 7) is 3.09. The van der Waals surface area contributed by atoms with Crippen LogP contribution in [0, 0.1) is 0 Å². The highest BCUT2D eigenvalue weighted by molar-refractivity contribution is 7.90. The molecule has 0 unspecified atom stereocenters. The molecule has 0 aliphatic carbocycles. The normalized spacial score (nSPS) is 15.3. The summed E-state index contributed by atoms with van der Waals surface area (Å²) in [6.07, 6.45) is 3.80. The van der Waals surface area contributed by atoms with Crippen LogP contribution in [0.4, 0.5) is 0 Å². The van der Waals surface area contributed by atoms with Crippen LogP contribution in [-0.4, -0.2) is 20.1 Å². The van der Waals surface area contributed by atoms with Crippen molar-refractivity contribution in [3.05, 3.63) is 34.6 Å². The third-order valence-electron chi connectivity index (χ3n) is 1.67. The van der Waals surface area contributed by atoms with Crippen molar-refractivity contribution in [3.63, 3.8) is 0 Å². The summed E-state index contributed by atoms with van der Waals surface area (Å²) in [4.78, 5) is -0.233. The molecule has 0 radical (unpaired) electrons. The Morgan fingerprint density at radius 2 is 1.93 bits per heavy atom. The second kappa shape index (κ2) is 5.57. The van der Waals surface area contributed by atoms with Crippen LogP contribution in [0.15, 0.2) is 34.6 Å². The summed E-state index contributed by atoms with van der Waals surface area (Å²) < 4.78 is 35.8. The molecule has 0 rings (SSSR count). The quantitative estimate of drug-likeness (QED) is 0.432. The van der Waals surface area contributed by atoms with Gasteiger partial charge in [-0.15, -0.1) is 0 Å². The average Bonchev–Trinajstić information content (AvgIpc) is 2.12. The van der Waals surface area contributed by atoms with E-state index >= 15 is 0 Å². The minimum atomic E-state index is -4.28. The summed E-state index contributed by atoms with van der Waals surface area (Å²) in [5.74, 6) is 0.368. The summed E-state index contributed by atoms with van der Waals surface area (Å²) in [5.41, 5.74) is 5.46. The maximum atomic E-state index is 11.0. The topological polar surface area (TPSA) is 89.6 Å². The van der Waals surface area contributed by atoms with Crippen LogP contribution < -0.4 is 5.73 Å². The fraction of sp³-hybridized carbons (Fsp3) is 0.333. The van der Waals surface area contributed by atoms with Crippen molar-refractivity contribution in [2.45, 2.75) is 13.8 Å².